The van der Waals surface area contributed by atoms with Gasteiger partial charge in [-0.3, -0.25) is 0 Å². The van der Waals surface area contributed by atoms with E-state index in [-0.39, 0.29) is 5.97 Å². The highest BCUT2D eigenvalue weighted by Crippen LogP contribution is 2.22. The van der Waals surface area contributed by atoms with Crippen molar-refractivity contribution in [3.8, 4) is 6.07 Å². The van der Waals surface area contributed by atoms with Crippen molar-refractivity contribution in [2.24, 2.45) is 0 Å². The Bertz CT molecular complexity index is 483. The molecule has 1 rings (SSSR count). The first-order valence-corrected chi connectivity index (χ1v) is 7.04. The molecule has 1 unspecified atom stereocenters. The van der Waals surface area contributed by atoms with Crippen molar-refractivity contribution in [2.75, 3.05) is 11.9 Å². The molecule has 0 fully saturated rings. The normalized spacial score (nSPS) is 11.5. The van der Waals surface area contributed by atoms with E-state index in [9.17, 15) is 4.79 Å². The highest BCUT2D eigenvalue weighted by Gasteiger charge is 2.19. The average molecular weight is 325 g/mol. The molecular weight excluding hydrogens is 308 g/mol. The molecule has 0 amide bonds. The number of hydrogen-bond acceptors (Lipinski definition) is 4. The van der Waals surface area contributed by atoms with Crippen LogP contribution in [0.4, 0.5) is 5.69 Å². The Morgan fingerprint density at radius 2 is 2.26 bits per heavy atom. The summed E-state index contributed by atoms with van der Waals surface area (Å²) in [5.74, 6) is -0.284. The third-order valence-corrected chi connectivity index (χ3v) is 3.07. The van der Waals surface area contributed by atoms with E-state index in [4.69, 9.17) is 10.00 Å². The van der Waals surface area contributed by atoms with Gasteiger partial charge in [-0.25, -0.2) is 4.79 Å². The summed E-state index contributed by atoms with van der Waals surface area (Å²) in [6, 6.07) is 6.98. The third kappa shape index (κ3) is 4.56. The predicted molar refractivity (Wildman–Crippen MR) is 77.8 cm³/mol. The van der Waals surface area contributed by atoms with E-state index in [1.807, 2.05) is 6.92 Å². The van der Waals surface area contributed by atoms with Crippen molar-refractivity contribution >= 4 is 27.6 Å². The minimum Gasteiger partial charge on any atom is -0.464 e. The Kier molecular flexibility index (Phi) is 6.37. The van der Waals surface area contributed by atoms with Crippen LogP contribution in [0.3, 0.4) is 0 Å². The summed E-state index contributed by atoms with van der Waals surface area (Å²) >= 11 is 3.36. The lowest BCUT2D eigenvalue weighted by Crippen LogP contribution is -2.31. The van der Waals surface area contributed by atoms with E-state index < -0.39 is 6.04 Å². The summed E-state index contributed by atoms with van der Waals surface area (Å²) in [7, 11) is 0. The van der Waals surface area contributed by atoms with Gasteiger partial charge in [0.1, 0.15) is 12.1 Å². The summed E-state index contributed by atoms with van der Waals surface area (Å²) < 4.78 is 5.89. The van der Waals surface area contributed by atoms with Crippen LogP contribution in [0.25, 0.3) is 0 Å². The van der Waals surface area contributed by atoms with Crippen LogP contribution in [0.5, 0.6) is 0 Å². The molecule has 5 heteroatoms. The number of halogens is 1. The van der Waals surface area contributed by atoms with E-state index in [2.05, 4.69) is 27.3 Å². The van der Waals surface area contributed by atoms with Gasteiger partial charge in [0.15, 0.2) is 0 Å². The zero-order valence-corrected chi connectivity index (χ0v) is 12.7. The molecule has 102 valence electrons. The summed E-state index contributed by atoms with van der Waals surface area (Å²) in [6.07, 6.45) is 1.52. The van der Waals surface area contributed by atoms with E-state index in [0.717, 1.165) is 10.9 Å². The number of rotatable bonds is 6. The maximum atomic E-state index is 11.8. The molecule has 0 bridgehead atoms. The molecule has 0 spiro atoms. The number of ether oxygens (including phenoxy) is 1. The first kappa shape index (κ1) is 15.5. The highest BCUT2D eigenvalue weighted by molar-refractivity contribution is 9.10. The minimum atomic E-state index is -0.425. The monoisotopic (exact) mass is 324 g/mol. The Labute approximate surface area is 121 Å². The van der Waals surface area contributed by atoms with E-state index in [1.165, 1.54) is 0 Å². The first-order chi connectivity index (χ1) is 9.12. The number of nitriles is 1. The van der Waals surface area contributed by atoms with Crippen LogP contribution in [0, 0.1) is 11.3 Å². The van der Waals surface area contributed by atoms with Gasteiger partial charge in [-0.05, 0) is 31.5 Å². The number of nitrogens with one attached hydrogen (secondary N) is 1. The fourth-order valence-corrected chi connectivity index (χ4v) is 2.06. The summed E-state index contributed by atoms with van der Waals surface area (Å²) in [6.45, 7) is 4.13. The molecule has 0 heterocycles. The molecule has 4 nitrogen and oxygen atoms in total. The standard InChI is InChI=1S/C14H17BrN2O2/c1-3-5-12(14(18)19-4-2)17-13-8-11(15)7-6-10(13)9-16/h6-8,12,17H,3-5H2,1-2H3. The number of carbonyl (C=O) groups excluding carboxylic acids is 1. The third-order valence-electron chi connectivity index (χ3n) is 2.58. The summed E-state index contributed by atoms with van der Waals surface area (Å²) in [5, 5.41) is 12.2. The molecule has 0 aliphatic heterocycles. The van der Waals surface area contributed by atoms with Crippen LogP contribution in [0.15, 0.2) is 22.7 Å². The van der Waals surface area contributed by atoms with Crippen molar-refractivity contribution in [1.82, 2.24) is 0 Å². The molecule has 1 aromatic carbocycles. The maximum Gasteiger partial charge on any atom is 0.328 e. The molecule has 0 aliphatic rings. The van der Waals surface area contributed by atoms with Crippen molar-refractivity contribution in [3.05, 3.63) is 28.2 Å². The first-order valence-electron chi connectivity index (χ1n) is 6.25. The van der Waals surface area contributed by atoms with Gasteiger partial charge in [0.2, 0.25) is 0 Å². The van der Waals surface area contributed by atoms with Gasteiger partial charge in [0, 0.05) is 4.47 Å². The Balaban J connectivity index is 2.93. The van der Waals surface area contributed by atoms with Gasteiger partial charge in [-0.1, -0.05) is 29.3 Å². The maximum absolute atomic E-state index is 11.8. The minimum absolute atomic E-state index is 0.284. The molecule has 0 radical (unpaired) electrons. The van der Waals surface area contributed by atoms with E-state index in [0.29, 0.717) is 24.3 Å². The van der Waals surface area contributed by atoms with Crippen molar-refractivity contribution in [1.29, 1.82) is 5.26 Å². The Hall–Kier alpha value is -1.54. The predicted octanol–water partition coefficient (Wildman–Crippen LogP) is 3.46. The SMILES string of the molecule is CCCC(Nc1cc(Br)ccc1C#N)C(=O)OCC. The molecule has 1 aromatic rings. The van der Waals surface area contributed by atoms with Gasteiger partial charge < -0.3 is 10.1 Å². The number of anilines is 1. The lowest BCUT2D eigenvalue weighted by atomic mass is 10.1. The van der Waals surface area contributed by atoms with Gasteiger partial charge in [-0.2, -0.15) is 5.26 Å². The van der Waals surface area contributed by atoms with Gasteiger partial charge >= 0.3 is 5.97 Å². The lowest BCUT2D eigenvalue weighted by molar-refractivity contribution is -0.144. The second-order valence-electron chi connectivity index (χ2n) is 4.04. The fraction of sp³-hybridized carbons (Fsp3) is 0.429. The van der Waals surface area contributed by atoms with Crippen LogP contribution in [0.1, 0.15) is 32.3 Å². The zero-order chi connectivity index (χ0) is 14.3. The Morgan fingerprint density at radius 1 is 1.53 bits per heavy atom. The van der Waals surface area contributed by atoms with Crippen LogP contribution >= 0.6 is 15.9 Å². The van der Waals surface area contributed by atoms with Crippen molar-refractivity contribution in [3.63, 3.8) is 0 Å². The number of carbonyl (C=O) groups is 1. The number of benzene rings is 1. The largest absolute Gasteiger partial charge is 0.464 e. The van der Waals surface area contributed by atoms with Crippen LogP contribution in [-0.2, 0) is 9.53 Å². The molecule has 0 aromatic heterocycles. The lowest BCUT2D eigenvalue weighted by Gasteiger charge is -2.18. The molecule has 1 atom stereocenters. The molecule has 0 saturated heterocycles. The number of hydrogen-bond donors (Lipinski definition) is 1. The summed E-state index contributed by atoms with van der Waals surface area (Å²) in [5.41, 5.74) is 1.15. The highest BCUT2D eigenvalue weighted by atomic mass is 79.9. The molecular formula is C14H17BrN2O2. The topological polar surface area (TPSA) is 62.1 Å². The molecule has 0 saturated carbocycles. The molecule has 0 aliphatic carbocycles. The van der Waals surface area contributed by atoms with Crippen molar-refractivity contribution in [2.45, 2.75) is 32.7 Å². The van der Waals surface area contributed by atoms with Crippen LogP contribution in [0.2, 0.25) is 0 Å². The van der Waals surface area contributed by atoms with E-state index in [1.54, 1.807) is 25.1 Å². The van der Waals surface area contributed by atoms with Crippen molar-refractivity contribution < 1.29 is 9.53 Å². The van der Waals surface area contributed by atoms with Gasteiger partial charge in [0.05, 0.1) is 17.9 Å². The summed E-state index contributed by atoms with van der Waals surface area (Å²) in [4.78, 5) is 11.8. The van der Waals surface area contributed by atoms with Crippen LogP contribution in [-0.4, -0.2) is 18.6 Å². The Morgan fingerprint density at radius 3 is 2.84 bits per heavy atom. The average Bonchev–Trinajstić information content (AvgIpc) is 2.39. The zero-order valence-electron chi connectivity index (χ0n) is 11.1. The molecule has 19 heavy (non-hydrogen) atoms. The second-order valence-corrected chi connectivity index (χ2v) is 4.96. The van der Waals surface area contributed by atoms with Gasteiger partial charge in [0.25, 0.3) is 0 Å². The number of nitrogens with zero attached hydrogens (tertiary/aromatic N) is 1. The number of esters is 1. The fourth-order valence-electron chi connectivity index (χ4n) is 1.70. The smallest absolute Gasteiger partial charge is 0.328 e. The second kappa shape index (κ2) is 7.80. The van der Waals surface area contributed by atoms with E-state index >= 15 is 0 Å². The molecule has 1 N–H and O–H groups in total. The van der Waals surface area contributed by atoms with Gasteiger partial charge in [-0.15, -0.1) is 0 Å². The van der Waals surface area contributed by atoms with Crippen LogP contribution < -0.4 is 5.32 Å². The quantitative estimate of drug-likeness (QED) is 0.814.